The van der Waals surface area contributed by atoms with E-state index in [0.29, 0.717) is 0 Å². The number of sulfonamides is 1. The molecule has 1 aromatic carbocycles. The molecule has 1 N–H and O–H groups in total. The SMILES string of the molecule is CN(c1cccc(C(=O)O)n1)S(=O)(=O)c1cccc([N+](=O)[O-])c1. The molecule has 0 unspecified atom stereocenters. The molecule has 0 amide bonds. The van der Waals surface area contributed by atoms with Gasteiger partial charge in [0.05, 0.1) is 9.82 Å². The molecule has 0 fully saturated rings. The van der Waals surface area contributed by atoms with Gasteiger partial charge in [-0.2, -0.15) is 0 Å². The van der Waals surface area contributed by atoms with E-state index in [1.807, 2.05) is 0 Å². The Labute approximate surface area is 131 Å². The number of nitro benzene ring substituents is 1. The zero-order chi connectivity index (χ0) is 17.2. The van der Waals surface area contributed by atoms with E-state index >= 15 is 0 Å². The fourth-order valence-electron chi connectivity index (χ4n) is 1.76. The first-order valence-electron chi connectivity index (χ1n) is 6.17. The molecule has 1 heterocycles. The summed E-state index contributed by atoms with van der Waals surface area (Å²) in [6.07, 6.45) is 0. The second-order valence-electron chi connectivity index (χ2n) is 4.41. The Balaban J connectivity index is 2.47. The third kappa shape index (κ3) is 3.26. The van der Waals surface area contributed by atoms with Gasteiger partial charge in [0, 0.05) is 19.2 Å². The van der Waals surface area contributed by atoms with Gasteiger partial charge in [-0.3, -0.25) is 14.4 Å². The molecule has 120 valence electrons. The van der Waals surface area contributed by atoms with Gasteiger partial charge in [0.2, 0.25) is 0 Å². The van der Waals surface area contributed by atoms with E-state index in [1.165, 1.54) is 43.4 Å². The molecular weight excluding hydrogens is 326 g/mol. The van der Waals surface area contributed by atoms with Crippen LogP contribution in [-0.2, 0) is 10.0 Å². The Bertz CT molecular complexity index is 881. The molecule has 0 radical (unpaired) electrons. The van der Waals surface area contributed by atoms with Gasteiger partial charge in [-0.05, 0) is 18.2 Å². The van der Waals surface area contributed by atoms with Crippen LogP contribution in [0.4, 0.5) is 11.5 Å². The zero-order valence-electron chi connectivity index (χ0n) is 11.8. The minimum Gasteiger partial charge on any atom is -0.477 e. The summed E-state index contributed by atoms with van der Waals surface area (Å²) >= 11 is 0. The number of hydrogen-bond acceptors (Lipinski definition) is 6. The number of carbonyl (C=O) groups is 1. The van der Waals surface area contributed by atoms with Crippen molar-refractivity contribution in [2.24, 2.45) is 0 Å². The van der Waals surface area contributed by atoms with Crippen LogP contribution in [0.5, 0.6) is 0 Å². The average Bonchev–Trinajstić information content (AvgIpc) is 2.54. The van der Waals surface area contributed by atoms with Crippen molar-refractivity contribution in [3.8, 4) is 0 Å². The van der Waals surface area contributed by atoms with E-state index in [1.54, 1.807) is 0 Å². The predicted molar refractivity (Wildman–Crippen MR) is 79.9 cm³/mol. The van der Waals surface area contributed by atoms with E-state index in [-0.39, 0.29) is 22.1 Å². The molecule has 1 aromatic heterocycles. The highest BCUT2D eigenvalue weighted by Crippen LogP contribution is 2.23. The van der Waals surface area contributed by atoms with Crippen LogP contribution in [0, 0.1) is 10.1 Å². The maximum Gasteiger partial charge on any atom is 0.354 e. The third-order valence-electron chi connectivity index (χ3n) is 2.96. The molecule has 2 aromatic rings. The lowest BCUT2D eigenvalue weighted by molar-refractivity contribution is -0.385. The second kappa shape index (κ2) is 6.01. The Morgan fingerprint density at radius 3 is 2.52 bits per heavy atom. The van der Waals surface area contributed by atoms with Crippen molar-refractivity contribution in [1.29, 1.82) is 0 Å². The number of pyridine rings is 1. The normalized spacial score (nSPS) is 11.0. The average molecular weight is 337 g/mol. The lowest BCUT2D eigenvalue weighted by Crippen LogP contribution is -2.27. The van der Waals surface area contributed by atoms with Crippen molar-refractivity contribution in [3.63, 3.8) is 0 Å². The molecule has 0 aliphatic carbocycles. The summed E-state index contributed by atoms with van der Waals surface area (Å²) in [6.45, 7) is 0. The summed E-state index contributed by atoms with van der Waals surface area (Å²) in [5.41, 5.74) is -0.685. The smallest absolute Gasteiger partial charge is 0.354 e. The number of hydrogen-bond donors (Lipinski definition) is 1. The standard InChI is InChI=1S/C13H11N3O6S/c1-15(12-7-3-6-11(14-12)13(17)18)23(21,22)10-5-2-4-9(8-10)16(19)20/h2-8H,1H3,(H,17,18). The highest BCUT2D eigenvalue weighted by molar-refractivity contribution is 7.92. The Morgan fingerprint density at radius 1 is 1.26 bits per heavy atom. The van der Waals surface area contributed by atoms with E-state index in [2.05, 4.69) is 4.98 Å². The Kier molecular flexibility index (Phi) is 4.27. The van der Waals surface area contributed by atoms with Gasteiger partial charge in [0.25, 0.3) is 15.7 Å². The van der Waals surface area contributed by atoms with E-state index in [4.69, 9.17) is 5.11 Å². The van der Waals surface area contributed by atoms with Crippen LogP contribution in [0.15, 0.2) is 47.4 Å². The van der Waals surface area contributed by atoms with Gasteiger partial charge in [-0.25, -0.2) is 18.2 Å². The van der Waals surface area contributed by atoms with Crippen molar-refractivity contribution < 1.29 is 23.2 Å². The molecular formula is C13H11N3O6S. The molecule has 23 heavy (non-hydrogen) atoms. The van der Waals surface area contributed by atoms with Gasteiger partial charge in [0.15, 0.2) is 5.69 Å². The van der Waals surface area contributed by atoms with Crippen molar-refractivity contribution >= 4 is 27.5 Å². The van der Waals surface area contributed by atoms with Crippen LogP contribution in [0.25, 0.3) is 0 Å². The van der Waals surface area contributed by atoms with Crippen molar-refractivity contribution in [2.45, 2.75) is 4.90 Å². The maximum atomic E-state index is 12.5. The number of benzene rings is 1. The van der Waals surface area contributed by atoms with Crippen LogP contribution in [0.1, 0.15) is 10.5 Å². The summed E-state index contributed by atoms with van der Waals surface area (Å²) in [6, 6.07) is 8.45. The lowest BCUT2D eigenvalue weighted by Gasteiger charge is -2.18. The van der Waals surface area contributed by atoms with E-state index < -0.39 is 20.9 Å². The topological polar surface area (TPSA) is 131 Å². The summed E-state index contributed by atoms with van der Waals surface area (Å²) < 4.78 is 25.8. The van der Waals surface area contributed by atoms with Gasteiger partial charge in [-0.1, -0.05) is 12.1 Å². The first kappa shape index (κ1) is 16.4. The second-order valence-corrected chi connectivity index (χ2v) is 6.38. The van der Waals surface area contributed by atoms with E-state index in [0.717, 1.165) is 10.4 Å². The monoisotopic (exact) mass is 337 g/mol. The number of rotatable bonds is 5. The number of aromatic nitrogens is 1. The largest absolute Gasteiger partial charge is 0.477 e. The molecule has 2 rings (SSSR count). The fourth-order valence-corrected chi connectivity index (χ4v) is 2.94. The molecule has 0 aliphatic heterocycles. The van der Waals surface area contributed by atoms with E-state index in [9.17, 15) is 23.3 Å². The van der Waals surface area contributed by atoms with Gasteiger partial charge in [-0.15, -0.1) is 0 Å². The number of non-ortho nitro benzene ring substituents is 1. The number of nitrogens with zero attached hydrogens (tertiary/aromatic N) is 3. The van der Waals surface area contributed by atoms with Gasteiger partial charge in [0.1, 0.15) is 5.82 Å². The molecule has 0 bridgehead atoms. The van der Waals surface area contributed by atoms with Gasteiger partial charge < -0.3 is 5.11 Å². The molecule has 0 aliphatic rings. The highest BCUT2D eigenvalue weighted by atomic mass is 32.2. The van der Waals surface area contributed by atoms with Crippen molar-refractivity contribution in [3.05, 3.63) is 58.3 Å². The maximum absolute atomic E-state index is 12.5. The quantitative estimate of drug-likeness (QED) is 0.646. The number of nitro groups is 1. The lowest BCUT2D eigenvalue weighted by atomic mass is 10.3. The van der Waals surface area contributed by atoms with Crippen molar-refractivity contribution in [1.82, 2.24) is 4.98 Å². The summed E-state index contributed by atoms with van der Waals surface area (Å²) in [5.74, 6) is -1.41. The van der Waals surface area contributed by atoms with Crippen LogP contribution in [-0.4, -0.2) is 36.4 Å². The molecule has 0 spiro atoms. The van der Waals surface area contributed by atoms with Crippen LogP contribution < -0.4 is 4.31 Å². The highest BCUT2D eigenvalue weighted by Gasteiger charge is 2.24. The molecule has 0 saturated carbocycles. The number of aromatic carboxylic acids is 1. The molecule has 0 saturated heterocycles. The Morgan fingerprint density at radius 2 is 1.91 bits per heavy atom. The minimum absolute atomic E-state index is 0.114. The van der Waals surface area contributed by atoms with Crippen molar-refractivity contribution in [2.75, 3.05) is 11.4 Å². The summed E-state index contributed by atoms with van der Waals surface area (Å²) in [5, 5.41) is 19.7. The predicted octanol–water partition coefficient (Wildman–Crippen LogP) is 1.51. The van der Waals surface area contributed by atoms with Gasteiger partial charge >= 0.3 is 5.97 Å². The molecule has 9 nitrogen and oxygen atoms in total. The minimum atomic E-state index is -4.12. The molecule has 0 atom stereocenters. The fraction of sp³-hybridized carbons (Fsp3) is 0.0769. The summed E-state index contributed by atoms with van der Waals surface area (Å²) in [7, 11) is -2.93. The number of anilines is 1. The van der Waals surface area contributed by atoms with Crippen LogP contribution >= 0.6 is 0 Å². The first-order chi connectivity index (χ1) is 10.7. The number of carboxylic acids is 1. The summed E-state index contributed by atoms with van der Waals surface area (Å²) in [4.78, 5) is 24.4. The third-order valence-corrected chi connectivity index (χ3v) is 4.72. The zero-order valence-corrected chi connectivity index (χ0v) is 12.6. The number of carboxylic acid groups (broad SMARTS) is 1. The Hall–Kier alpha value is -3.01. The molecule has 10 heteroatoms. The first-order valence-corrected chi connectivity index (χ1v) is 7.61. The van der Waals surface area contributed by atoms with Crippen LogP contribution in [0.2, 0.25) is 0 Å². The van der Waals surface area contributed by atoms with Crippen LogP contribution in [0.3, 0.4) is 0 Å².